The quantitative estimate of drug-likeness (QED) is 0.626. The molecule has 3 N–H and O–H groups in total. The van der Waals surface area contributed by atoms with Crippen molar-refractivity contribution in [1.29, 1.82) is 0 Å². The third-order valence-electron chi connectivity index (χ3n) is 2.35. The van der Waals surface area contributed by atoms with Crippen molar-refractivity contribution in [2.45, 2.75) is 25.8 Å². The summed E-state index contributed by atoms with van der Waals surface area (Å²) in [6.07, 6.45) is 1.77. The maximum atomic E-state index is 11.7. The van der Waals surface area contributed by atoms with Crippen molar-refractivity contribution < 1.29 is 4.79 Å². The number of nitrogens with two attached hydrogens (primary N) is 1. The Morgan fingerprint density at radius 2 is 2.15 bits per heavy atom. The first-order chi connectivity index (χ1) is 6.25. The number of rotatable bonds is 3. The predicted molar refractivity (Wildman–Crippen MR) is 52.3 cm³/mol. The highest BCUT2D eigenvalue weighted by atomic mass is 16.2. The highest BCUT2D eigenvalue weighted by Crippen LogP contribution is 2.01. The van der Waals surface area contributed by atoms with E-state index >= 15 is 0 Å². The molecule has 0 aromatic heterocycles. The molecule has 1 rings (SSSR count). The third kappa shape index (κ3) is 2.97. The van der Waals surface area contributed by atoms with E-state index in [4.69, 9.17) is 5.73 Å². The molecule has 0 bridgehead atoms. The molecule has 76 valence electrons. The fraction of sp³-hybridized carbons (Fsp3) is 0.889. The molecule has 1 aliphatic heterocycles. The van der Waals surface area contributed by atoms with Gasteiger partial charge in [0.15, 0.2) is 0 Å². The Bertz CT molecular complexity index is 166. The van der Waals surface area contributed by atoms with Gasteiger partial charge >= 0.3 is 0 Å². The van der Waals surface area contributed by atoms with Gasteiger partial charge in [0.1, 0.15) is 0 Å². The molecule has 13 heavy (non-hydrogen) atoms. The van der Waals surface area contributed by atoms with Gasteiger partial charge in [0, 0.05) is 26.2 Å². The first-order valence-electron chi connectivity index (χ1n) is 5.00. The van der Waals surface area contributed by atoms with Crippen LogP contribution in [0.3, 0.4) is 0 Å². The maximum Gasteiger partial charge on any atom is 0.239 e. The van der Waals surface area contributed by atoms with Crippen molar-refractivity contribution in [3.8, 4) is 0 Å². The van der Waals surface area contributed by atoms with Crippen LogP contribution >= 0.6 is 0 Å². The molecule has 0 aromatic carbocycles. The van der Waals surface area contributed by atoms with E-state index in [2.05, 4.69) is 5.32 Å². The van der Waals surface area contributed by atoms with Crippen LogP contribution in [0.1, 0.15) is 19.8 Å². The fourth-order valence-electron chi connectivity index (χ4n) is 1.55. The lowest BCUT2D eigenvalue weighted by atomic mass is 10.1. The van der Waals surface area contributed by atoms with E-state index in [0.717, 1.165) is 39.0 Å². The first kappa shape index (κ1) is 10.5. The van der Waals surface area contributed by atoms with Gasteiger partial charge in [-0.3, -0.25) is 4.79 Å². The Balaban J connectivity index is 2.36. The zero-order valence-corrected chi connectivity index (χ0v) is 8.25. The minimum absolute atomic E-state index is 0.114. The molecule has 0 spiro atoms. The SMILES string of the molecule is CCC[C@@H](N)C(=O)N1CCNCC1. The zero-order chi connectivity index (χ0) is 9.68. The van der Waals surface area contributed by atoms with Crippen molar-refractivity contribution in [2.75, 3.05) is 26.2 Å². The van der Waals surface area contributed by atoms with Crippen LogP contribution in [-0.4, -0.2) is 43.0 Å². The number of hydrogen-bond acceptors (Lipinski definition) is 3. The number of piperazine rings is 1. The largest absolute Gasteiger partial charge is 0.339 e. The van der Waals surface area contributed by atoms with Gasteiger partial charge in [-0.2, -0.15) is 0 Å². The average molecular weight is 185 g/mol. The Hall–Kier alpha value is -0.610. The van der Waals surface area contributed by atoms with Gasteiger partial charge in [0.2, 0.25) is 5.91 Å². The maximum absolute atomic E-state index is 11.7. The van der Waals surface area contributed by atoms with Crippen molar-refractivity contribution in [3.63, 3.8) is 0 Å². The third-order valence-corrected chi connectivity index (χ3v) is 2.35. The summed E-state index contributed by atoms with van der Waals surface area (Å²) in [4.78, 5) is 13.5. The second kappa shape index (κ2) is 5.19. The predicted octanol–water partition coefficient (Wildman–Crippen LogP) is -0.454. The summed E-state index contributed by atoms with van der Waals surface area (Å²) in [5, 5.41) is 3.21. The number of nitrogens with zero attached hydrogens (tertiary/aromatic N) is 1. The standard InChI is InChI=1S/C9H19N3O/c1-2-3-8(10)9(13)12-6-4-11-5-7-12/h8,11H,2-7,10H2,1H3/t8-/m1/s1. The lowest BCUT2D eigenvalue weighted by Crippen LogP contribution is -2.51. The van der Waals surface area contributed by atoms with Crippen molar-refractivity contribution in [2.24, 2.45) is 5.73 Å². The molecule has 1 fully saturated rings. The van der Waals surface area contributed by atoms with Crippen LogP contribution in [0.5, 0.6) is 0 Å². The van der Waals surface area contributed by atoms with E-state index < -0.39 is 0 Å². The number of hydrogen-bond donors (Lipinski definition) is 2. The Morgan fingerprint density at radius 1 is 1.54 bits per heavy atom. The zero-order valence-electron chi connectivity index (χ0n) is 8.25. The van der Waals surface area contributed by atoms with Crippen LogP contribution in [0.25, 0.3) is 0 Å². The van der Waals surface area contributed by atoms with Crippen LogP contribution < -0.4 is 11.1 Å². The summed E-state index contributed by atoms with van der Waals surface area (Å²) in [6.45, 7) is 5.44. The van der Waals surface area contributed by atoms with Crippen LogP contribution in [0.15, 0.2) is 0 Å². The summed E-state index contributed by atoms with van der Waals surface area (Å²) in [5.41, 5.74) is 5.75. The number of nitrogens with one attached hydrogen (secondary N) is 1. The van der Waals surface area contributed by atoms with Crippen molar-refractivity contribution in [3.05, 3.63) is 0 Å². The van der Waals surface area contributed by atoms with Gasteiger partial charge in [-0.15, -0.1) is 0 Å². The van der Waals surface area contributed by atoms with Gasteiger partial charge in [-0.05, 0) is 6.42 Å². The summed E-state index contributed by atoms with van der Waals surface area (Å²) >= 11 is 0. The fourth-order valence-corrected chi connectivity index (χ4v) is 1.55. The average Bonchev–Trinajstić information content (AvgIpc) is 2.18. The van der Waals surface area contributed by atoms with Crippen LogP contribution in [-0.2, 0) is 4.79 Å². The lowest BCUT2D eigenvalue weighted by Gasteiger charge is -2.29. The van der Waals surface area contributed by atoms with E-state index in [1.807, 2.05) is 11.8 Å². The Morgan fingerprint density at radius 3 is 2.69 bits per heavy atom. The van der Waals surface area contributed by atoms with E-state index in [9.17, 15) is 4.79 Å². The van der Waals surface area contributed by atoms with E-state index in [0.29, 0.717) is 0 Å². The summed E-state index contributed by atoms with van der Waals surface area (Å²) < 4.78 is 0. The van der Waals surface area contributed by atoms with Crippen LogP contribution in [0, 0.1) is 0 Å². The van der Waals surface area contributed by atoms with Gasteiger partial charge in [-0.1, -0.05) is 13.3 Å². The molecular weight excluding hydrogens is 166 g/mol. The van der Waals surface area contributed by atoms with Gasteiger partial charge in [-0.25, -0.2) is 0 Å². The first-order valence-corrected chi connectivity index (χ1v) is 5.00. The molecule has 1 atom stereocenters. The number of carbonyl (C=O) groups excluding carboxylic acids is 1. The molecule has 4 heteroatoms. The second-order valence-corrected chi connectivity index (χ2v) is 3.47. The summed E-state index contributed by atoms with van der Waals surface area (Å²) in [7, 11) is 0. The van der Waals surface area contributed by atoms with E-state index in [-0.39, 0.29) is 11.9 Å². The highest BCUT2D eigenvalue weighted by Gasteiger charge is 2.21. The lowest BCUT2D eigenvalue weighted by molar-refractivity contribution is -0.133. The second-order valence-electron chi connectivity index (χ2n) is 3.47. The number of amides is 1. The monoisotopic (exact) mass is 185 g/mol. The molecular formula is C9H19N3O. The van der Waals surface area contributed by atoms with Gasteiger partial charge in [0.25, 0.3) is 0 Å². The topological polar surface area (TPSA) is 58.4 Å². The summed E-state index contributed by atoms with van der Waals surface area (Å²) in [6, 6.07) is -0.289. The molecule has 1 aliphatic rings. The molecule has 0 aromatic rings. The van der Waals surface area contributed by atoms with Crippen molar-refractivity contribution in [1.82, 2.24) is 10.2 Å². The van der Waals surface area contributed by atoms with E-state index in [1.165, 1.54) is 0 Å². The smallest absolute Gasteiger partial charge is 0.239 e. The Kier molecular flexibility index (Phi) is 4.18. The normalized spacial score (nSPS) is 20.0. The molecule has 0 aliphatic carbocycles. The minimum Gasteiger partial charge on any atom is -0.339 e. The minimum atomic E-state index is -0.289. The van der Waals surface area contributed by atoms with E-state index in [1.54, 1.807) is 0 Å². The molecule has 1 heterocycles. The Labute approximate surface area is 79.5 Å². The number of carbonyl (C=O) groups is 1. The van der Waals surface area contributed by atoms with Crippen LogP contribution in [0.2, 0.25) is 0 Å². The highest BCUT2D eigenvalue weighted by molar-refractivity contribution is 5.81. The molecule has 1 amide bonds. The summed E-state index contributed by atoms with van der Waals surface area (Å²) in [5.74, 6) is 0.114. The molecule has 1 saturated heterocycles. The van der Waals surface area contributed by atoms with Crippen molar-refractivity contribution >= 4 is 5.91 Å². The van der Waals surface area contributed by atoms with Crippen LogP contribution in [0.4, 0.5) is 0 Å². The van der Waals surface area contributed by atoms with Gasteiger partial charge < -0.3 is 16.0 Å². The molecule has 4 nitrogen and oxygen atoms in total. The van der Waals surface area contributed by atoms with Gasteiger partial charge in [0.05, 0.1) is 6.04 Å². The molecule has 0 unspecified atom stereocenters. The molecule has 0 saturated carbocycles. The molecule has 0 radical (unpaired) electrons.